The molecule has 0 aliphatic carbocycles. The number of amides is 2. The van der Waals surface area contributed by atoms with Crippen LogP contribution in [0, 0.1) is 11.6 Å². The van der Waals surface area contributed by atoms with Gasteiger partial charge in [0.1, 0.15) is 45.9 Å². The van der Waals surface area contributed by atoms with Gasteiger partial charge in [-0.3, -0.25) is 38.3 Å². The van der Waals surface area contributed by atoms with Crippen molar-refractivity contribution in [3.8, 4) is 23.0 Å². The van der Waals surface area contributed by atoms with Gasteiger partial charge >= 0.3 is 11.9 Å². The molecule has 0 fully saturated rings. The molecule has 19 nitrogen and oxygen atoms in total. The van der Waals surface area contributed by atoms with E-state index < -0.39 is 75.6 Å². The summed E-state index contributed by atoms with van der Waals surface area (Å²) in [7, 11) is 1.32. The van der Waals surface area contributed by atoms with Gasteiger partial charge in [0.15, 0.2) is 34.7 Å². The predicted molar refractivity (Wildman–Crippen MR) is 258 cm³/mol. The number of rotatable bonds is 14. The molecule has 3 aromatic carbocycles. The van der Waals surface area contributed by atoms with E-state index in [2.05, 4.69) is 20.6 Å². The number of ether oxygens (including phenoxy) is 4. The van der Waals surface area contributed by atoms with E-state index in [0.717, 1.165) is 16.7 Å². The third kappa shape index (κ3) is 10.7. The first-order chi connectivity index (χ1) is 34.9. The Balaban J connectivity index is 0.000000196. The molecule has 6 heterocycles. The van der Waals surface area contributed by atoms with Gasteiger partial charge in [-0.2, -0.15) is 0 Å². The van der Waals surface area contributed by atoms with Gasteiger partial charge in [0.05, 0.1) is 25.3 Å². The Morgan fingerprint density at radius 1 is 0.767 bits per heavy atom. The van der Waals surface area contributed by atoms with Crippen LogP contribution in [-0.2, 0) is 46.9 Å². The van der Waals surface area contributed by atoms with Gasteiger partial charge in [0.2, 0.25) is 6.10 Å². The van der Waals surface area contributed by atoms with E-state index >= 15 is 0 Å². The van der Waals surface area contributed by atoms with Crippen molar-refractivity contribution in [1.82, 2.24) is 29.7 Å². The van der Waals surface area contributed by atoms with Crippen molar-refractivity contribution in [3.05, 3.63) is 163 Å². The van der Waals surface area contributed by atoms with Gasteiger partial charge < -0.3 is 44.9 Å². The Bertz CT molecular complexity index is 3410. The molecule has 4 aromatic heterocycles. The Morgan fingerprint density at radius 2 is 1.29 bits per heavy atom. The van der Waals surface area contributed by atoms with Crippen molar-refractivity contribution in [2.45, 2.75) is 71.1 Å². The van der Waals surface area contributed by atoms with Crippen LogP contribution in [-0.4, -0.2) is 96.2 Å². The number of esters is 1. The van der Waals surface area contributed by atoms with Crippen molar-refractivity contribution in [1.29, 1.82) is 0 Å². The molecule has 7 aromatic rings. The second kappa shape index (κ2) is 20.9. The lowest BCUT2D eigenvalue weighted by molar-refractivity contribution is -0.146. The van der Waals surface area contributed by atoms with Crippen LogP contribution in [0.1, 0.15) is 69.3 Å². The van der Waals surface area contributed by atoms with E-state index in [9.17, 15) is 52.9 Å². The zero-order chi connectivity index (χ0) is 52.3. The largest absolute Gasteiger partial charge is 0.505 e. The lowest BCUT2D eigenvalue weighted by atomic mass is 10.0. The SMILES string of the molecule is CCOC(=O)c1c(OCc2ccccc2)c2ncc(Cc3ccc(F)cc3)c3c2n(c1=O)C[C@@H](C(=O)O)O3.CNC(=O)c1c(O)c2ncc(Cc3ccc(F)cc3)c3c2n(c1=O)C[C@@H](C(=O)NCC(C)(C)O)O3. The second-order valence-electron chi connectivity index (χ2n) is 17.6. The number of nitrogens with zero attached hydrogens (tertiary/aromatic N) is 4. The molecule has 9 rings (SSSR count). The smallest absolute Gasteiger partial charge is 0.347 e. The van der Waals surface area contributed by atoms with Crippen molar-refractivity contribution in [2.75, 3.05) is 20.2 Å². The molecule has 73 heavy (non-hydrogen) atoms. The highest BCUT2D eigenvalue weighted by molar-refractivity contribution is 6.03. The molecule has 2 aliphatic heterocycles. The quantitative estimate of drug-likeness (QED) is 0.0936. The number of aliphatic carboxylic acids is 1. The van der Waals surface area contributed by atoms with Crippen LogP contribution >= 0.6 is 0 Å². The highest BCUT2D eigenvalue weighted by atomic mass is 19.1. The fourth-order valence-corrected chi connectivity index (χ4v) is 8.26. The number of benzene rings is 3. The first-order valence-corrected chi connectivity index (χ1v) is 22.8. The highest BCUT2D eigenvalue weighted by Crippen LogP contribution is 2.40. The first kappa shape index (κ1) is 50.7. The number of aliphatic hydroxyl groups is 1. The molecule has 378 valence electrons. The maximum atomic E-state index is 13.7. The zero-order valence-electron chi connectivity index (χ0n) is 39.7. The zero-order valence-corrected chi connectivity index (χ0v) is 39.7. The Morgan fingerprint density at radius 3 is 1.82 bits per heavy atom. The minimum Gasteiger partial charge on any atom is -0.505 e. The fourth-order valence-electron chi connectivity index (χ4n) is 8.26. The van der Waals surface area contributed by atoms with Gasteiger partial charge in [-0.1, -0.05) is 54.6 Å². The van der Waals surface area contributed by atoms with Gasteiger partial charge in [0, 0.05) is 50.0 Å². The molecule has 0 saturated heterocycles. The van der Waals surface area contributed by atoms with E-state index in [1.165, 1.54) is 66.7 Å². The van der Waals surface area contributed by atoms with Crippen LogP contribution in [0.2, 0.25) is 0 Å². The number of carboxylic acids is 1. The summed E-state index contributed by atoms with van der Waals surface area (Å²) in [5.41, 5.74) is 0.0886. The van der Waals surface area contributed by atoms with E-state index in [0.29, 0.717) is 11.1 Å². The van der Waals surface area contributed by atoms with Crippen molar-refractivity contribution in [2.24, 2.45) is 0 Å². The Hall–Kier alpha value is -8.72. The van der Waals surface area contributed by atoms with E-state index in [1.54, 1.807) is 31.2 Å². The summed E-state index contributed by atoms with van der Waals surface area (Å²) in [6.07, 6.45) is 0.817. The molecule has 0 unspecified atom stereocenters. The standard InChI is InChI=1S/C28H23FN2O7.C24H25FN4O6/c1-2-36-28(35)21-25(37-15-17-6-4-3-5-7-17)22-23-24(38-20(27(33)34)14-31(23)26(21)32)18(13-30-22)12-16-8-10-19(29)11-9-16;1-24(2,34)11-28-21(31)15-10-29-18-17(19(30)16(23(29)33)22(32)26-3)27-9-13(20(18)35-15)8-12-4-6-14(25)7-5-12/h3-11,13,20H,2,12,14-15H2,1H3,(H,33,34);4-7,9,15,30,34H,8,10-11H2,1-3H3,(H,26,32)(H,28,31)/t20-;15-/m00/s1. The minimum absolute atomic E-state index is 0.0184. The van der Waals surface area contributed by atoms with E-state index in [4.69, 9.17) is 18.9 Å². The second-order valence-corrected chi connectivity index (χ2v) is 17.6. The van der Waals surface area contributed by atoms with Crippen LogP contribution in [0.5, 0.6) is 23.0 Å². The molecule has 0 radical (unpaired) electrons. The number of aromatic nitrogens is 4. The summed E-state index contributed by atoms with van der Waals surface area (Å²) in [6, 6.07) is 20.8. The maximum Gasteiger partial charge on any atom is 0.347 e. The monoisotopic (exact) mass is 1000 g/mol. The normalized spacial score (nSPS) is 14.5. The number of hydrogen-bond donors (Lipinski definition) is 5. The summed E-state index contributed by atoms with van der Waals surface area (Å²) in [5, 5.41) is 35.3. The van der Waals surface area contributed by atoms with Crippen molar-refractivity contribution in [3.63, 3.8) is 0 Å². The maximum absolute atomic E-state index is 13.7. The topological polar surface area (TPSA) is 260 Å². The van der Waals surface area contributed by atoms with E-state index in [1.807, 2.05) is 30.3 Å². The molecule has 2 amide bonds. The number of carbonyl (C=O) groups excluding carboxylic acids is 3. The molecule has 0 bridgehead atoms. The van der Waals surface area contributed by atoms with Gasteiger partial charge in [-0.05, 0) is 61.7 Å². The van der Waals surface area contributed by atoms with Crippen LogP contribution < -0.4 is 36.0 Å². The fraction of sp³-hybridized carbons (Fsp3) is 0.269. The molecule has 2 aliphatic rings. The Labute approximate surface area is 413 Å². The third-order valence-electron chi connectivity index (χ3n) is 11.8. The number of hydrogen-bond acceptors (Lipinski definition) is 14. The number of carboxylic acid groups (broad SMARTS) is 1. The summed E-state index contributed by atoms with van der Waals surface area (Å²) in [4.78, 5) is 85.9. The summed E-state index contributed by atoms with van der Waals surface area (Å²) < 4.78 is 52.2. The third-order valence-corrected chi connectivity index (χ3v) is 11.8. The summed E-state index contributed by atoms with van der Waals surface area (Å²) >= 11 is 0. The highest BCUT2D eigenvalue weighted by Gasteiger charge is 2.37. The molecular weight excluding hydrogens is 955 g/mol. The number of aromatic hydroxyl groups is 1. The number of pyridine rings is 4. The van der Waals surface area contributed by atoms with Gasteiger partial charge in [-0.25, -0.2) is 18.4 Å². The van der Waals surface area contributed by atoms with Crippen molar-refractivity contribution < 1.29 is 62.2 Å². The first-order valence-electron chi connectivity index (χ1n) is 22.8. The lowest BCUT2D eigenvalue weighted by Gasteiger charge is -2.29. The molecule has 0 saturated carbocycles. The van der Waals surface area contributed by atoms with Crippen molar-refractivity contribution >= 4 is 45.8 Å². The van der Waals surface area contributed by atoms with Crippen LogP contribution in [0.25, 0.3) is 22.1 Å². The predicted octanol–water partition coefficient (Wildman–Crippen LogP) is 4.57. The van der Waals surface area contributed by atoms with Gasteiger partial charge in [0.25, 0.3) is 22.9 Å². The molecule has 2 atom stereocenters. The van der Waals surface area contributed by atoms with E-state index in [-0.39, 0.29) is 90.6 Å². The lowest BCUT2D eigenvalue weighted by Crippen LogP contribution is -2.49. The van der Waals surface area contributed by atoms with Gasteiger partial charge in [-0.15, -0.1) is 0 Å². The molecule has 0 spiro atoms. The minimum atomic E-state index is -1.39. The molecular formula is C52H48F2N6O13. The molecule has 21 heteroatoms. The average molecular weight is 1000 g/mol. The number of carbonyl (C=O) groups is 4. The summed E-state index contributed by atoms with van der Waals surface area (Å²) in [5.74, 6) is -4.73. The van der Waals surface area contributed by atoms with Crippen LogP contribution in [0.15, 0.2) is 101 Å². The Kier molecular flexibility index (Phi) is 14.5. The van der Waals surface area contributed by atoms with Crippen LogP contribution in [0.3, 0.4) is 0 Å². The van der Waals surface area contributed by atoms with Crippen LogP contribution in [0.4, 0.5) is 8.78 Å². The number of halogens is 2. The molecule has 5 N–H and O–H groups in total. The summed E-state index contributed by atoms with van der Waals surface area (Å²) in [6.45, 7) is 4.08. The number of nitrogens with one attached hydrogen (secondary N) is 2. The average Bonchev–Trinajstić information content (AvgIpc) is 3.37.